The number of esters is 1. The summed E-state index contributed by atoms with van der Waals surface area (Å²) in [5.74, 6) is -0.618. The number of likely N-dealkylation sites (tertiary alicyclic amines) is 1. The first-order chi connectivity index (χ1) is 17.4. The fourth-order valence-electron chi connectivity index (χ4n) is 5.60. The normalized spacial score (nSPS) is 17.0. The summed E-state index contributed by atoms with van der Waals surface area (Å²) in [7, 11) is 1.36. The van der Waals surface area contributed by atoms with Crippen LogP contribution in [0.5, 0.6) is 0 Å². The number of ketones is 1. The second-order valence-corrected chi connectivity index (χ2v) is 9.93. The Hall–Kier alpha value is -3.74. The molecule has 2 aromatic carbocycles. The highest BCUT2D eigenvalue weighted by atomic mass is 16.5. The van der Waals surface area contributed by atoms with Crippen molar-refractivity contribution in [3.63, 3.8) is 0 Å². The molecule has 0 saturated carbocycles. The molecule has 1 N–H and O–H groups in total. The van der Waals surface area contributed by atoms with E-state index in [4.69, 9.17) is 4.74 Å². The molecule has 36 heavy (non-hydrogen) atoms. The molecule has 2 heterocycles. The maximum atomic E-state index is 13.2. The number of ether oxygens (including phenoxy) is 1. The van der Waals surface area contributed by atoms with Crippen LogP contribution in [-0.2, 0) is 32.0 Å². The highest BCUT2D eigenvalue weighted by molar-refractivity contribution is 6.04. The minimum atomic E-state index is -0.553. The highest BCUT2D eigenvalue weighted by Gasteiger charge is 2.32. The van der Waals surface area contributed by atoms with Crippen LogP contribution in [0.2, 0.25) is 0 Å². The van der Waals surface area contributed by atoms with Crippen LogP contribution in [0.4, 0.5) is 0 Å². The van der Waals surface area contributed by atoms with Crippen LogP contribution in [0, 0.1) is 18.8 Å². The Labute approximate surface area is 210 Å². The molecule has 0 unspecified atom stereocenters. The van der Waals surface area contributed by atoms with E-state index in [-0.39, 0.29) is 30.0 Å². The number of benzene rings is 2. The van der Waals surface area contributed by atoms with Gasteiger partial charge in [-0.1, -0.05) is 30.3 Å². The van der Waals surface area contributed by atoms with Crippen LogP contribution >= 0.6 is 0 Å². The number of aromatic nitrogens is 2. The number of aromatic amines is 1. The number of nitrogens with zero attached hydrogens (tertiary/aromatic N) is 2. The predicted molar refractivity (Wildman–Crippen MR) is 137 cm³/mol. The van der Waals surface area contributed by atoms with Gasteiger partial charge in [-0.15, -0.1) is 0 Å². The van der Waals surface area contributed by atoms with E-state index >= 15 is 0 Å². The molecular formula is C29H31N3O4. The van der Waals surface area contributed by atoms with E-state index in [1.165, 1.54) is 7.11 Å². The summed E-state index contributed by atoms with van der Waals surface area (Å²) in [5.41, 5.74) is 6.09. The molecule has 1 fully saturated rings. The van der Waals surface area contributed by atoms with Gasteiger partial charge in [0.15, 0.2) is 5.78 Å². The Balaban J connectivity index is 1.23. The maximum absolute atomic E-state index is 13.2. The lowest BCUT2D eigenvalue weighted by Crippen LogP contribution is -2.41. The Kier molecular flexibility index (Phi) is 6.72. The number of H-pyrrole nitrogens is 1. The van der Waals surface area contributed by atoms with Gasteiger partial charge in [0.25, 0.3) is 0 Å². The third kappa shape index (κ3) is 4.83. The van der Waals surface area contributed by atoms with Gasteiger partial charge in [-0.2, -0.15) is 5.10 Å². The molecule has 0 spiro atoms. The van der Waals surface area contributed by atoms with Crippen molar-refractivity contribution in [2.24, 2.45) is 11.8 Å². The lowest BCUT2D eigenvalue weighted by atomic mass is 9.80. The van der Waals surface area contributed by atoms with Crippen molar-refractivity contribution in [1.29, 1.82) is 0 Å². The van der Waals surface area contributed by atoms with Gasteiger partial charge in [0.05, 0.1) is 24.7 Å². The second-order valence-electron chi connectivity index (χ2n) is 9.93. The zero-order chi connectivity index (χ0) is 25.2. The lowest BCUT2D eigenvalue weighted by molar-refractivity contribution is -0.149. The largest absolute Gasteiger partial charge is 0.469 e. The quantitative estimate of drug-likeness (QED) is 0.532. The van der Waals surface area contributed by atoms with Crippen LogP contribution in [0.25, 0.3) is 17.0 Å². The van der Waals surface area contributed by atoms with Gasteiger partial charge in [-0.05, 0) is 72.1 Å². The van der Waals surface area contributed by atoms with Crippen LogP contribution in [0.1, 0.15) is 41.5 Å². The average molecular weight is 486 g/mol. The van der Waals surface area contributed by atoms with Gasteiger partial charge in [0.2, 0.25) is 5.91 Å². The summed E-state index contributed by atoms with van der Waals surface area (Å²) in [6, 6.07) is 12.1. The number of carbonyl (C=O) groups excluding carboxylic acids is 3. The summed E-state index contributed by atoms with van der Waals surface area (Å²) in [5, 5.41) is 8.06. The number of fused-ring (bicyclic) bond motifs is 2. The molecule has 5 rings (SSSR count). The minimum Gasteiger partial charge on any atom is -0.469 e. The molecule has 1 saturated heterocycles. The van der Waals surface area contributed by atoms with Crippen molar-refractivity contribution >= 4 is 34.6 Å². The molecule has 1 aliphatic heterocycles. The predicted octanol–water partition coefficient (Wildman–Crippen LogP) is 4.04. The Morgan fingerprint density at radius 3 is 2.75 bits per heavy atom. The fourth-order valence-corrected chi connectivity index (χ4v) is 5.60. The summed E-state index contributed by atoms with van der Waals surface area (Å²) in [6.07, 6.45) is 6.29. The molecule has 0 radical (unpaired) electrons. The van der Waals surface area contributed by atoms with E-state index in [1.54, 1.807) is 6.20 Å². The second kappa shape index (κ2) is 10.1. The van der Waals surface area contributed by atoms with Gasteiger partial charge in [-0.3, -0.25) is 19.5 Å². The zero-order valence-electron chi connectivity index (χ0n) is 20.8. The minimum absolute atomic E-state index is 0.0424. The van der Waals surface area contributed by atoms with E-state index in [2.05, 4.69) is 16.3 Å². The van der Waals surface area contributed by atoms with Crippen LogP contribution in [0.3, 0.4) is 0 Å². The molecule has 1 amide bonds. The molecule has 7 heteroatoms. The van der Waals surface area contributed by atoms with Crippen molar-refractivity contribution in [3.05, 3.63) is 70.4 Å². The monoisotopic (exact) mass is 485 g/mol. The molecule has 1 atom stereocenters. The standard InChI is InChI=1S/C29H31N3O4/c1-18-11-19(13-24-17-30-31-28(18)24)12-23(29(35)36-2)16-27(34)32-9-7-20(8-10-32)25-14-21-5-3-4-6-22(21)15-26(25)33/h3-6,11,13-14,17,20,23H,7-10,12,15-16H2,1-2H3,(H,30,31)/t23-/m0/s1. The topological polar surface area (TPSA) is 92.4 Å². The molecule has 3 aromatic rings. The molecule has 7 nitrogen and oxygen atoms in total. The lowest BCUT2D eigenvalue weighted by Gasteiger charge is -2.34. The highest BCUT2D eigenvalue weighted by Crippen LogP contribution is 2.32. The summed E-state index contributed by atoms with van der Waals surface area (Å²) in [6.45, 7) is 3.17. The van der Waals surface area contributed by atoms with Crippen molar-refractivity contribution in [3.8, 4) is 0 Å². The number of carbonyl (C=O) groups is 3. The van der Waals surface area contributed by atoms with Crippen LogP contribution in [-0.4, -0.2) is 53.0 Å². The number of allylic oxidation sites excluding steroid dienone is 1. The molecule has 0 bridgehead atoms. The third-order valence-electron chi connectivity index (χ3n) is 7.57. The number of Topliss-reactive ketones (excluding diaryl/α,β-unsaturated/α-hetero) is 1. The van der Waals surface area contributed by atoms with Crippen LogP contribution < -0.4 is 0 Å². The molecule has 1 aromatic heterocycles. The Morgan fingerprint density at radius 1 is 1.19 bits per heavy atom. The van der Waals surface area contributed by atoms with Gasteiger partial charge in [-0.25, -0.2) is 0 Å². The first-order valence-electron chi connectivity index (χ1n) is 12.5. The van der Waals surface area contributed by atoms with E-state index < -0.39 is 5.92 Å². The third-order valence-corrected chi connectivity index (χ3v) is 7.57. The number of nitrogens with one attached hydrogen (secondary N) is 1. The first kappa shape index (κ1) is 24.0. The van der Waals surface area contributed by atoms with E-state index in [0.717, 1.165) is 51.6 Å². The van der Waals surface area contributed by atoms with Crippen LogP contribution in [0.15, 0.2) is 48.2 Å². The Bertz CT molecular complexity index is 1350. The fraction of sp³-hybridized carbons (Fsp3) is 0.379. The van der Waals surface area contributed by atoms with Gasteiger partial charge >= 0.3 is 5.97 Å². The molecule has 1 aliphatic carbocycles. The number of rotatable bonds is 6. The van der Waals surface area contributed by atoms with Crippen molar-refractivity contribution in [2.45, 2.75) is 39.0 Å². The summed E-state index contributed by atoms with van der Waals surface area (Å²) in [4.78, 5) is 40.4. The summed E-state index contributed by atoms with van der Waals surface area (Å²) < 4.78 is 5.04. The molecule has 186 valence electrons. The van der Waals surface area contributed by atoms with E-state index in [0.29, 0.717) is 25.9 Å². The Morgan fingerprint density at radius 2 is 1.97 bits per heavy atom. The van der Waals surface area contributed by atoms with Gasteiger partial charge in [0, 0.05) is 31.3 Å². The number of amides is 1. The van der Waals surface area contributed by atoms with Crippen molar-refractivity contribution in [1.82, 2.24) is 15.1 Å². The molecule has 2 aliphatic rings. The first-order valence-corrected chi connectivity index (χ1v) is 12.5. The van der Waals surface area contributed by atoms with Gasteiger partial charge in [0.1, 0.15) is 0 Å². The number of hydrogen-bond acceptors (Lipinski definition) is 5. The maximum Gasteiger partial charge on any atom is 0.309 e. The SMILES string of the molecule is COC(=O)[C@H](CC(=O)N1CCC(C2=Cc3ccccc3CC2=O)CC1)Cc1cc(C)c2[nH]ncc2c1. The van der Waals surface area contributed by atoms with E-state index in [9.17, 15) is 14.4 Å². The number of piperidine rings is 1. The zero-order valence-corrected chi connectivity index (χ0v) is 20.8. The van der Waals surface area contributed by atoms with Gasteiger partial charge < -0.3 is 9.64 Å². The number of methoxy groups -OCH3 is 1. The van der Waals surface area contributed by atoms with Crippen molar-refractivity contribution < 1.29 is 19.1 Å². The molecular weight excluding hydrogens is 454 g/mol. The number of hydrogen-bond donors (Lipinski definition) is 1. The average Bonchev–Trinajstić information content (AvgIpc) is 3.37. The van der Waals surface area contributed by atoms with Crippen molar-refractivity contribution in [2.75, 3.05) is 20.2 Å². The number of aryl methyl sites for hydroxylation is 1. The summed E-state index contributed by atoms with van der Waals surface area (Å²) >= 11 is 0. The van der Waals surface area contributed by atoms with E-state index in [1.807, 2.05) is 48.2 Å². The smallest absolute Gasteiger partial charge is 0.309 e.